The van der Waals surface area contributed by atoms with Gasteiger partial charge in [0.25, 0.3) is 0 Å². The van der Waals surface area contributed by atoms with Gasteiger partial charge in [0.1, 0.15) is 11.5 Å². The average Bonchev–Trinajstić information content (AvgIpc) is 2.66. The Hall–Kier alpha value is -2.86. The molecule has 0 radical (unpaired) electrons. The number of aryl methyl sites for hydroxylation is 1. The lowest BCUT2D eigenvalue weighted by atomic mass is 10.1. The fourth-order valence-electron chi connectivity index (χ4n) is 2.38. The van der Waals surface area contributed by atoms with Crippen molar-refractivity contribution in [3.8, 4) is 11.5 Å². The molecule has 0 saturated carbocycles. The quantitative estimate of drug-likeness (QED) is 0.666. The molecule has 0 spiro atoms. The minimum absolute atomic E-state index is 0.0125. The number of ether oxygens (including phenoxy) is 1. The van der Waals surface area contributed by atoms with E-state index in [1.54, 1.807) is 0 Å². The molecule has 0 heterocycles. The summed E-state index contributed by atoms with van der Waals surface area (Å²) in [6.07, 6.45) is 0. The first-order chi connectivity index (χ1) is 12.9. The van der Waals surface area contributed by atoms with E-state index in [0.717, 1.165) is 16.9 Å². The molecule has 0 unspecified atom stereocenters. The lowest BCUT2D eigenvalue weighted by Crippen LogP contribution is -2.47. The van der Waals surface area contributed by atoms with Gasteiger partial charge >= 0.3 is 0 Å². The van der Waals surface area contributed by atoms with Crippen LogP contribution in [0.25, 0.3) is 0 Å². The molecule has 1 atom stereocenters. The van der Waals surface area contributed by atoms with Crippen molar-refractivity contribution in [3.63, 3.8) is 0 Å². The highest BCUT2D eigenvalue weighted by Crippen LogP contribution is 2.27. The third-order valence-electron chi connectivity index (χ3n) is 4.21. The van der Waals surface area contributed by atoms with E-state index < -0.39 is 6.04 Å². The Kier molecular flexibility index (Phi) is 7.37. The van der Waals surface area contributed by atoms with Gasteiger partial charge in [-0.2, -0.15) is 0 Å². The lowest BCUT2D eigenvalue weighted by molar-refractivity contribution is -0.127. The monoisotopic (exact) mass is 369 g/mol. The van der Waals surface area contributed by atoms with Crippen LogP contribution in [0.5, 0.6) is 11.5 Å². The molecule has 2 rings (SSSR count). The molecule has 0 aliphatic heterocycles. The lowest BCUT2D eigenvalue weighted by Gasteiger charge is -2.16. The van der Waals surface area contributed by atoms with Crippen LogP contribution < -0.4 is 21.1 Å². The number of hydrogen-bond acceptors (Lipinski definition) is 4. The second-order valence-corrected chi connectivity index (χ2v) is 6.74. The Morgan fingerprint density at radius 3 is 2.30 bits per heavy atom. The highest BCUT2D eigenvalue weighted by molar-refractivity contribution is 5.87. The van der Waals surface area contributed by atoms with Crippen molar-refractivity contribution in [3.05, 3.63) is 59.7 Å². The Labute approximate surface area is 160 Å². The standard InChI is InChI=1S/C21H27N3O3/c1-14(2)20(22)21(26)24-13-19(25)23-12-16-9-5-7-11-18(16)27-17-10-6-4-8-15(17)3/h4-11,14,20H,12-13,22H2,1-3H3,(H,23,25)(H,24,26)/t20-/m0/s1. The average molecular weight is 369 g/mol. The summed E-state index contributed by atoms with van der Waals surface area (Å²) in [5.74, 6) is 0.844. The molecule has 0 saturated heterocycles. The van der Waals surface area contributed by atoms with Gasteiger partial charge in [-0.1, -0.05) is 50.2 Å². The topological polar surface area (TPSA) is 93.5 Å². The highest BCUT2D eigenvalue weighted by Gasteiger charge is 2.17. The van der Waals surface area contributed by atoms with E-state index in [1.165, 1.54) is 0 Å². The Balaban J connectivity index is 1.92. The third kappa shape index (κ3) is 6.11. The number of para-hydroxylation sites is 2. The van der Waals surface area contributed by atoms with Crippen LogP contribution in [0, 0.1) is 12.8 Å². The largest absolute Gasteiger partial charge is 0.457 e. The first-order valence-corrected chi connectivity index (χ1v) is 9.00. The number of rotatable bonds is 8. The smallest absolute Gasteiger partial charge is 0.239 e. The zero-order valence-electron chi connectivity index (χ0n) is 16.0. The molecule has 0 aliphatic rings. The van der Waals surface area contributed by atoms with Crippen LogP contribution in [0.4, 0.5) is 0 Å². The predicted molar refractivity (Wildman–Crippen MR) is 105 cm³/mol. The molecule has 2 aromatic rings. The first-order valence-electron chi connectivity index (χ1n) is 9.00. The number of benzene rings is 2. The van der Waals surface area contributed by atoms with Crippen LogP contribution in [-0.2, 0) is 16.1 Å². The minimum Gasteiger partial charge on any atom is -0.457 e. The van der Waals surface area contributed by atoms with Crippen LogP contribution in [0.2, 0.25) is 0 Å². The fraction of sp³-hybridized carbons (Fsp3) is 0.333. The summed E-state index contributed by atoms with van der Waals surface area (Å²) in [6, 6.07) is 14.6. The summed E-state index contributed by atoms with van der Waals surface area (Å²) in [7, 11) is 0. The number of amides is 2. The van der Waals surface area contributed by atoms with Gasteiger partial charge in [-0.25, -0.2) is 0 Å². The van der Waals surface area contributed by atoms with Crippen molar-refractivity contribution >= 4 is 11.8 Å². The van der Waals surface area contributed by atoms with E-state index in [2.05, 4.69) is 10.6 Å². The fourth-order valence-corrected chi connectivity index (χ4v) is 2.38. The molecule has 2 amide bonds. The van der Waals surface area contributed by atoms with E-state index in [-0.39, 0.29) is 24.3 Å². The number of carbonyl (C=O) groups excluding carboxylic acids is 2. The van der Waals surface area contributed by atoms with Crippen molar-refractivity contribution in [2.75, 3.05) is 6.54 Å². The summed E-state index contributed by atoms with van der Waals surface area (Å²) in [4.78, 5) is 23.8. The molecule has 6 heteroatoms. The number of carbonyl (C=O) groups is 2. The maximum atomic E-state index is 12.0. The summed E-state index contributed by atoms with van der Waals surface area (Å²) < 4.78 is 5.99. The molecule has 2 aromatic carbocycles. The second-order valence-electron chi connectivity index (χ2n) is 6.74. The Bertz CT molecular complexity index is 790. The number of hydrogen-bond donors (Lipinski definition) is 3. The molecule has 0 aromatic heterocycles. The second kappa shape index (κ2) is 9.73. The first kappa shape index (κ1) is 20.5. The van der Waals surface area contributed by atoms with Crippen LogP contribution >= 0.6 is 0 Å². The molecular weight excluding hydrogens is 342 g/mol. The van der Waals surface area contributed by atoms with Gasteiger partial charge in [0.15, 0.2) is 0 Å². The maximum Gasteiger partial charge on any atom is 0.239 e. The van der Waals surface area contributed by atoms with Crippen molar-refractivity contribution in [1.29, 1.82) is 0 Å². The summed E-state index contributed by atoms with van der Waals surface area (Å²) in [5.41, 5.74) is 7.63. The van der Waals surface area contributed by atoms with Gasteiger partial charge in [-0.15, -0.1) is 0 Å². The van der Waals surface area contributed by atoms with E-state index >= 15 is 0 Å². The summed E-state index contributed by atoms with van der Waals surface area (Å²) >= 11 is 0. The Morgan fingerprint density at radius 1 is 1.00 bits per heavy atom. The van der Waals surface area contributed by atoms with Crippen molar-refractivity contribution < 1.29 is 14.3 Å². The van der Waals surface area contributed by atoms with E-state index in [1.807, 2.05) is 69.3 Å². The van der Waals surface area contributed by atoms with Gasteiger partial charge in [-0.3, -0.25) is 9.59 Å². The predicted octanol–water partition coefficient (Wildman–Crippen LogP) is 2.50. The minimum atomic E-state index is -0.624. The molecular formula is C21H27N3O3. The molecule has 144 valence electrons. The van der Waals surface area contributed by atoms with Gasteiger partial charge in [0.05, 0.1) is 12.6 Å². The zero-order chi connectivity index (χ0) is 19.8. The van der Waals surface area contributed by atoms with Crippen LogP contribution in [-0.4, -0.2) is 24.4 Å². The highest BCUT2D eigenvalue weighted by atomic mass is 16.5. The maximum absolute atomic E-state index is 12.0. The molecule has 0 bridgehead atoms. The SMILES string of the molecule is Cc1ccccc1Oc1ccccc1CNC(=O)CNC(=O)[C@@H](N)C(C)C. The van der Waals surface area contributed by atoms with Crippen LogP contribution in [0.1, 0.15) is 25.0 Å². The van der Waals surface area contributed by atoms with E-state index in [4.69, 9.17) is 10.5 Å². The van der Waals surface area contributed by atoms with Crippen LogP contribution in [0.3, 0.4) is 0 Å². The van der Waals surface area contributed by atoms with Crippen molar-refractivity contribution in [2.24, 2.45) is 11.7 Å². The Morgan fingerprint density at radius 2 is 1.63 bits per heavy atom. The molecule has 6 nitrogen and oxygen atoms in total. The van der Waals surface area contributed by atoms with Gasteiger partial charge in [0, 0.05) is 12.1 Å². The van der Waals surface area contributed by atoms with Crippen molar-refractivity contribution in [2.45, 2.75) is 33.4 Å². The van der Waals surface area contributed by atoms with Gasteiger partial charge in [0.2, 0.25) is 11.8 Å². The number of nitrogens with one attached hydrogen (secondary N) is 2. The zero-order valence-corrected chi connectivity index (χ0v) is 16.0. The molecule has 0 aliphatic carbocycles. The van der Waals surface area contributed by atoms with E-state index in [0.29, 0.717) is 12.3 Å². The van der Waals surface area contributed by atoms with Gasteiger partial charge in [-0.05, 0) is 30.5 Å². The molecule has 0 fully saturated rings. The number of nitrogens with two attached hydrogens (primary N) is 1. The van der Waals surface area contributed by atoms with E-state index in [9.17, 15) is 9.59 Å². The van der Waals surface area contributed by atoms with Crippen LogP contribution in [0.15, 0.2) is 48.5 Å². The van der Waals surface area contributed by atoms with Crippen molar-refractivity contribution in [1.82, 2.24) is 10.6 Å². The normalized spacial score (nSPS) is 11.7. The molecule has 27 heavy (non-hydrogen) atoms. The summed E-state index contributed by atoms with van der Waals surface area (Å²) in [5, 5.41) is 5.34. The molecule has 4 N–H and O–H groups in total. The summed E-state index contributed by atoms with van der Waals surface area (Å²) in [6.45, 7) is 5.88. The van der Waals surface area contributed by atoms with Gasteiger partial charge < -0.3 is 21.1 Å². The third-order valence-corrected chi connectivity index (χ3v) is 4.21.